The van der Waals surface area contributed by atoms with Crippen molar-refractivity contribution in [3.63, 3.8) is 0 Å². The Bertz CT molecular complexity index is 705. The van der Waals surface area contributed by atoms with Gasteiger partial charge in [0, 0.05) is 18.7 Å². The Labute approximate surface area is 160 Å². The molecule has 2 aromatic rings. The van der Waals surface area contributed by atoms with Crippen LogP contribution < -0.4 is 5.32 Å². The number of ether oxygens (including phenoxy) is 2. The molecule has 0 atom stereocenters. The maximum absolute atomic E-state index is 11.7. The fourth-order valence-corrected chi connectivity index (χ4v) is 3.08. The Morgan fingerprint density at radius 3 is 2.67 bits per heavy atom. The van der Waals surface area contributed by atoms with Gasteiger partial charge in [0.15, 0.2) is 0 Å². The molecule has 6 heteroatoms. The number of esters is 1. The van der Waals surface area contributed by atoms with E-state index in [1.807, 2.05) is 24.3 Å². The van der Waals surface area contributed by atoms with E-state index in [1.54, 1.807) is 19.1 Å². The summed E-state index contributed by atoms with van der Waals surface area (Å²) in [6.45, 7) is 8.73. The maximum atomic E-state index is 11.7. The fraction of sp³-hybridized carbons (Fsp3) is 0.476. The third kappa shape index (κ3) is 5.92. The first-order valence-corrected chi connectivity index (χ1v) is 9.63. The molecule has 0 aliphatic carbocycles. The average Bonchev–Trinajstić information content (AvgIpc) is 3.18. The van der Waals surface area contributed by atoms with Gasteiger partial charge in [-0.2, -0.15) is 0 Å². The van der Waals surface area contributed by atoms with E-state index in [9.17, 15) is 4.79 Å². The Kier molecular flexibility index (Phi) is 7.45. The number of hydrogen-bond acceptors (Lipinski definition) is 6. The number of carbonyl (C=O) groups is 1. The summed E-state index contributed by atoms with van der Waals surface area (Å²) < 4.78 is 16.3. The molecule has 146 valence electrons. The van der Waals surface area contributed by atoms with Crippen molar-refractivity contribution < 1.29 is 18.7 Å². The van der Waals surface area contributed by atoms with E-state index in [2.05, 4.69) is 10.2 Å². The minimum absolute atomic E-state index is 0.300. The molecule has 1 aliphatic rings. The molecule has 2 heterocycles. The molecule has 0 spiro atoms. The van der Waals surface area contributed by atoms with Crippen LogP contribution in [0.25, 0.3) is 11.3 Å². The normalized spacial score (nSPS) is 15.0. The lowest BCUT2D eigenvalue weighted by Gasteiger charge is -2.26. The average molecular weight is 372 g/mol. The topological polar surface area (TPSA) is 63.9 Å². The Morgan fingerprint density at radius 2 is 1.93 bits per heavy atom. The van der Waals surface area contributed by atoms with Gasteiger partial charge >= 0.3 is 5.97 Å². The summed E-state index contributed by atoms with van der Waals surface area (Å²) in [5, 5.41) is 3.43. The molecule has 1 aromatic carbocycles. The lowest BCUT2D eigenvalue weighted by Crippen LogP contribution is -2.37. The maximum Gasteiger partial charge on any atom is 0.338 e. The molecule has 0 amide bonds. The molecule has 1 saturated heterocycles. The Balaban J connectivity index is 1.42. The molecule has 27 heavy (non-hydrogen) atoms. The van der Waals surface area contributed by atoms with Gasteiger partial charge in [-0.15, -0.1) is 0 Å². The van der Waals surface area contributed by atoms with E-state index >= 15 is 0 Å². The lowest BCUT2D eigenvalue weighted by molar-refractivity contribution is 0.0374. The van der Waals surface area contributed by atoms with Gasteiger partial charge in [0.05, 0.1) is 31.9 Å². The Morgan fingerprint density at radius 1 is 1.15 bits per heavy atom. The quantitative estimate of drug-likeness (QED) is 0.539. The summed E-state index contributed by atoms with van der Waals surface area (Å²) in [6.07, 6.45) is 1.11. The molecule has 0 unspecified atom stereocenters. The molecule has 1 fully saturated rings. The predicted octanol–water partition coefficient (Wildman–Crippen LogP) is 2.94. The second kappa shape index (κ2) is 10.3. The largest absolute Gasteiger partial charge is 0.462 e. The lowest BCUT2D eigenvalue weighted by atomic mass is 10.1. The summed E-state index contributed by atoms with van der Waals surface area (Å²) in [5.74, 6) is 1.41. The van der Waals surface area contributed by atoms with E-state index in [-0.39, 0.29) is 5.97 Å². The van der Waals surface area contributed by atoms with Crippen molar-refractivity contribution in [1.82, 2.24) is 10.2 Å². The summed E-state index contributed by atoms with van der Waals surface area (Å²) in [4.78, 5) is 14.1. The van der Waals surface area contributed by atoms with Crippen molar-refractivity contribution >= 4 is 5.97 Å². The predicted molar refractivity (Wildman–Crippen MR) is 104 cm³/mol. The molecule has 1 aliphatic heterocycles. The molecule has 0 bridgehead atoms. The number of carbonyl (C=O) groups excluding carboxylic acids is 1. The molecular weight excluding hydrogens is 344 g/mol. The van der Waals surface area contributed by atoms with Gasteiger partial charge in [0.2, 0.25) is 0 Å². The molecule has 1 N–H and O–H groups in total. The molecular formula is C21H28N2O4. The number of nitrogens with zero attached hydrogens (tertiary/aromatic N) is 1. The zero-order valence-electron chi connectivity index (χ0n) is 15.9. The van der Waals surface area contributed by atoms with Crippen LogP contribution in [0.1, 0.15) is 29.5 Å². The van der Waals surface area contributed by atoms with Crippen LogP contribution in [-0.4, -0.2) is 56.9 Å². The summed E-state index contributed by atoms with van der Waals surface area (Å²) in [5.41, 5.74) is 1.50. The summed E-state index contributed by atoms with van der Waals surface area (Å²) in [7, 11) is 0. The first kappa shape index (κ1) is 19.6. The van der Waals surface area contributed by atoms with Crippen LogP contribution in [-0.2, 0) is 16.0 Å². The number of furan rings is 1. The van der Waals surface area contributed by atoms with Gasteiger partial charge in [-0.05, 0) is 50.7 Å². The molecule has 0 saturated carbocycles. The molecule has 3 rings (SSSR count). The highest BCUT2D eigenvalue weighted by Crippen LogP contribution is 2.22. The van der Waals surface area contributed by atoms with E-state index in [0.717, 1.165) is 62.9 Å². The van der Waals surface area contributed by atoms with Crippen molar-refractivity contribution in [2.75, 3.05) is 46.0 Å². The van der Waals surface area contributed by atoms with Crippen LogP contribution in [0.4, 0.5) is 0 Å². The summed E-state index contributed by atoms with van der Waals surface area (Å²) in [6, 6.07) is 11.2. The number of benzene rings is 1. The fourth-order valence-electron chi connectivity index (χ4n) is 3.08. The van der Waals surface area contributed by atoms with Crippen molar-refractivity contribution in [3.8, 4) is 11.3 Å². The summed E-state index contributed by atoms with van der Waals surface area (Å²) >= 11 is 0. The first-order valence-electron chi connectivity index (χ1n) is 9.63. The van der Waals surface area contributed by atoms with E-state index in [0.29, 0.717) is 18.7 Å². The third-order valence-electron chi connectivity index (χ3n) is 4.57. The number of nitrogens with one attached hydrogen (secondary N) is 1. The first-order chi connectivity index (χ1) is 13.3. The SMILES string of the molecule is CCOC(=O)c1ccc(-c2ccc(CNCCCN3CCOCC3)o2)cc1. The van der Waals surface area contributed by atoms with Crippen molar-refractivity contribution in [2.24, 2.45) is 0 Å². The van der Waals surface area contributed by atoms with Gasteiger partial charge in [0.25, 0.3) is 0 Å². The van der Waals surface area contributed by atoms with Crippen molar-refractivity contribution in [2.45, 2.75) is 19.9 Å². The van der Waals surface area contributed by atoms with Crippen LogP contribution in [0, 0.1) is 0 Å². The highest BCUT2D eigenvalue weighted by atomic mass is 16.5. The minimum Gasteiger partial charge on any atom is -0.462 e. The van der Waals surface area contributed by atoms with Gasteiger partial charge < -0.3 is 19.2 Å². The van der Waals surface area contributed by atoms with Crippen LogP contribution in [0.3, 0.4) is 0 Å². The van der Waals surface area contributed by atoms with Gasteiger partial charge in [-0.25, -0.2) is 4.79 Å². The molecule has 0 radical (unpaired) electrons. The highest BCUT2D eigenvalue weighted by Gasteiger charge is 2.10. The van der Waals surface area contributed by atoms with Gasteiger partial charge in [-0.3, -0.25) is 4.90 Å². The second-order valence-corrected chi connectivity index (χ2v) is 6.55. The van der Waals surface area contributed by atoms with Gasteiger partial charge in [-0.1, -0.05) is 12.1 Å². The number of morpholine rings is 1. The van der Waals surface area contributed by atoms with Crippen LogP contribution >= 0.6 is 0 Å². The van der Waals surface area contributed by atoms with Crippen molar-refractivity contribution in [1.29, 1.82) is 0 Å². The second-order valence-electron chi connectivity index (χ2n) is 6.55. The number of rotatable bonds is 9. The minimum atomic E-state index is -0.300. The zero-order valence-corrected chi connectivity index (χ0v) is 15.9. The standard InChI is InChI=1S/C21H28N2O4/c1-2-26-21(24)18-6-4-17(5-7-18)20-9-8-19(27-20)16-22-10-3-11-23-12-14-25-15-13-23/h4-9,22H,2-3,10-16H2,1H3. The molecule has 1 aromatic heterocycles. The monoisotopic (exact) mass is 372 g/mol. The highest BCUT2D eigenvalue weighted by molar-refractivity contribution is 5.89. The third-order valence-corrected chi connectivity index (χ3v) is 4.57. The van der Waals surface area contributed by atoms with Crippen LogP contribution in [0.15, 0.2) is 40.8 Å². The Hall–Kier alpha value is -2.15. The molecule has 6 nitrogen and oxygen atoms in total. The van der Waals surface area contributed by atoms with Crippen molar-refractivity contribution in [3.05, 3.63) is 47.7 Å². The smallest absolute Gasteiger partial charge is 0.338 e. The number of hydrogen-bond donors (Lipinski definition) is 1. The van der Waals surface area contributed by atoms with E-state index in [4.69, 9.17) is 13.9 Å². The van der Waals surface area contributed by atoms with E-state index in [1.165, 1.54) is 0 Å². The van der Waals surface area contributed by atoms with Crippen LogP contribution in [0.2, 0.25) is 0 Å². The van der Waals surface area contributed by atoms with Crippen LogP contribution in [0.5, 0.6) is 0 Å². The van der Waals surface area contributed by atoms with Gasteiger partial charge in [0.1, 0.15) is 11.5 Å². The van der Waals surface area contributed by atoms with E-state index < -0.39 is 0 Å². The zero-order chi connectivity index (χ0) is 18.9.